The molecule has 1 amide bonds. The number of benzene rings is 1. The van der Waals surface area contributed by atoms with Crippen molar-refractivity contribution in [1.29, 1.82) is 0 Å². The van der Waals surface area contributed by atoms with E-state index < -0.39 is 12.0 Å². The number of methoxy groups -OCH3 is 2. The SMILES string of the molecule is COc1ccc(OC)c([C@@H](O)CNC(=O)c2nccnc2N)c1. The van der Waals surface area contributed by atoms with Gasteiger partial charge in [-0.2, -0.15) is 0 Å². The highest BCUT2D eigenvalue weighted by Gasteiger charge is 2.18. The zero-order chi connectivity index (χ0) is 16.8. The molecule has 8 nitrogen and oxygen atoms in total. The molecule has 0 spiro atoms. The van der Waals surface area contributed by atoms with E-state index in [2.05, 4.69) is 15.3 Å². The number of carbonyl (C=O) groups excluding carboxylic acids is 1. The quantitative estimate of drug-likeness (QED) is 0.711. The number of anilines is 1. The number of aromatic nitrogens is 2. The van der Waals surface area contributed by atoms with Crippen LogP contribution >= 0.6 is 0 Å². The highest BCUT2D eigenvalue weighted by atomic mass is 16.5. The molecule has 0 bridgehead atoms. The summed E-state index contributed by atoms with van der Waals surface area (Å²) in [6.45, 7) is -0.0433. The molecule has 2 aromatic rings. The molecule has 0 aliphatic carbocycles. The molecule has 0 unspecified atom stereocenters. The van der Waals surface area contributed by atoms with Crippen LogP contribution in [0.2, 0.25) is 0 Å². The van der Waals surface area contributed by atoms with Crippen molar-refractivity contribution in [2.24, 2.45) is 0 Å². The number of nitrogens with one attached hydrogen (secondary N) is 1. The van der Waals surface area contributed by atoms with Gasteiger partial charge in [0.2, 0.25) is 0 Å². The fraction of sp³-hybridized carbons (Fsp3) is 0.267. The van der Waals surface area contributed by atoms with E-state index in [4.69, 9.17) is 15.2 Å². The van der Waals surface area contributed by atoms with E-state index >= 15 is 0 Å². The van der Waals surface area contributed by atoms with Crippen LogP contribution in [0.3, 0.4) is 0 Å². The van der Waals surface area contributed by atoms with Crippen LogP contribution in [0.25, 0.3) is 0 Å². The number of carbonyl (C=O) groups is 1. The number of aliphatic hydroxyl groups is 1. The smallest absolute Gasteiger partial charge is 0.273 e. The van der Waals surface area contributed by atoms with Crippen LogP contribution in [-0.4, -0.2) is 41.7 Å². The second-order valence-corrected chi connectivity index (χ2v) is 4.62. The maximum atomic E-state index is 12.0. The van der Waals surface area contributed by atoms with Gasteiger partial charge in [0.15, 0.2) is 11.5 Å². The lowest BCUT2D eigenvalue weighted by Crippen LogP contribution is -2.30. The molecule has 2 rings (SSSR count). The molecule has 0 fully saturated rings. The van der Waals surface area contributed by atoms with Gasteiger partial charge in [0.05, 0.1) is 14.2 Å². The zero-order valence-electron chi connectivity index (χ0n) is 12.8. The summed E-state index contributed by atoms with van der Waals surface area (Å²) in [5, 5.41) is 12.9. The van der Waals surface area contributed by atoms with Crippen molar-refractivity contribution in [2.75, 3.05) is 26.5 Å². The van der Waals surface area contributed by atoms with E-state index in [9.17, 15) is 9.90 Å². The van der Waals surface area contributed by atoms with E-state index in [0.29, 0.717) is 17.1 Å². The van der Waals surface area contributed by atoms with Gasteiger partial charge in [-0.3, -0.25) is 4.79 Å². The van der Waals surface area contributed by atoms with Crippen LogP contribution in [0.5, 0.6) is 11.5 Å². The van der Waals surface area contributed by atoms with Gasteiger partial charge in [0.1, 0.15) is 17.6 Å². The fourth-order valence-electron chi connectivity index (χ4n) is 2.01. The fourth-order valence-corrected chi connectivity index (χ4v) is 2.01. The minimum atomic E-state index is -0.984. The van der Waals surface area contributed by atoms with Crippen molar-refractivity contribution in [3.63, 3.8) is 0 Å². The topological polar surface area (TPSA) is 120 Å². The van der Waals surface area contributed by atoms with Gasteiger partial charge in [-0.1, -0.05) is 0 Å². The van der Waals surface area contributed by atoms with E-state index in [-0.39, 0.29) is 18.1 Å². The van der Waals surface area contributed by atoms with Gasteiger partial charge in [0, 0.05) is 24.5 Å². The van der Waals surface area contributed by atoms with Crippen molar-refractivity contribution < 1.29 is 19.4 Å². The van der Waals surface area contributed by atoms with E-state index in [1.165, 1.54) is 26.6 Å². The summed E-state index contributed by atoms with van der Waals surface area (Å²) in [6, 6.07) is 5.04. The van der Waals surface area contributed by atoms with Crippen molar-refractivity contribution >= 4 is 11.7 Å². The largest absolute Gasteiger partial charge is 0.497 e. The first-order chi connectivity index (χ1) is 11.1. The molecule has 122 valence electrons. The Labute approximate surface area is 133 Å². The van der Waals surface area contributed by atoms with E-state index in [0.717, 1.165) is 0 Å². The normalized spacial score (nSPS) is 11.6. The summed E-state index contributed by atoms with van der Waals surface area (Å²) in [5.41, 5.74) is 6.10. The van der Waals surface area contributed by atoms with Gasteiger partial charge in [-0.15, -0.1) is 0 Å². The maximum Gasteiger partial charge on any atom is 0.273 e. The summed E-state index contributed by atoms with van der Waals surface area (Å²) in [7, 11) is 3.02. The number of aliphatic hydroxyl groups excluding tert-OH is 1. The lowest BCUT2D eigenvalue weighted by molar-refractivity contribution is 0.0910. The molecule has 1 atom stereocenters. The highest BCUT2D eigenvalue weighted by molar-refractivity contribution is 5.96. The van der Waals surface area contributed by atoms with Crippen LogP contribution in [0, 0.1) is 0 Å². The summed E-state index contributed by atoms with van der Waals surface area (Å²) in [5.74, 6) is 0.575. The molecular formula is C15H18N4O4. The average molecular weight is 318 g/mol. The summed E-state index contributed by atoms with van der Waals surface area (Å²) in [4.78, 5) is 19.7. The molecule has 4 N–H and O–H groups in total. The monoisotopic (exact) mass is 318 g/mol. The maximum absolute atomic E-state index is 12.0. The average Bonchev–Trinajstić information content (AvgIpc) is 2.59. The molecule has 0 saturated heterocycles. The third-order valence-electron chi connectivity index (χ3n) is 3.19. The molecule has 1 aromatic carbocycles. The Morgan fingerprint density at radius 1 is 1.30 bits per heavy atom. The van der Waals surface area contributed by atoms with Crippen LogP contribution in [0.15, 0.2) is 30.6 Å². The number of hydrogen-bond acceptors (Lipinski definition) is 7. The van der Waals surface area contributed by atoms with Crippen LogP contribution in [-0.2, 0) is 0 Å². The van der Waals surface area contributed by atoms with Crippen molar-refractivity contribution in [3.05, 3.63) is 41.9 Å². The van der Waals surface area contributed by atoms with Gasteiger partial charge in [0.25, 0.3) is 5.91 Å². The number of ether oxygens (including phenoxy) is 2. The molecule has 0 saturated carbocycles. The first kappa shape index (κ1) is 16.5. The van der Waals surface area contributed by atoms with Crippen molar-refractivity contribution in [2.45, 2.75) is 6.10 Å². The third kappa shape index (κ3) is 3.86. The van der Waals surface area contributed by atoms with Crippen LogP contribution in [0.1, 0.15) is 22.2 Å². The lowest BCUT2D eigenvalue weighted by Gasteiger charge is -2.16. The predicted octanol–water partition coefficient (Wildman–Crippen LogP) is 0.539. The second kappa shape index (κ2) is 7.41. The standard InChI is InChI=1S/C15H18N4O4/c1-22-9-3-4-12(23-2)10(7-9)11(20)8-19-15(21)13-14(16)18-6-5-17-13/h3-7,11,20H,8H2,1-2H3,(H2,16,18)(H,19,21)/t11-/m0/s1. The predicted molar refractivity (Wildman–Crippen MR) is 83.3 cm³/mol. The molecule has 0 radical (unpaired) electrons. The first-order valence-corrected chi connectivity index (χ1v) is 6.81. The number of amides is 1. The Balaban J connectivity index is 2.09. The molecule has 23 heavy (non-hydrogen) atoms. The van der Waals surface area contributed by atoms with Gasteiger partial charge in [-0.25, -0.2) is 9.97 Å². The minimum absolute atomic E-state index is 0.0114. The van der Waals surface area contributed by atoms with E-state index in [1.807, 2.05) is 0 Å². The van der Waals surface area contributed by atoms with Gasteiger partial charge in [-0.05, 0) is 18.2 Å². The van der Waals surface area contributed by atoms with Gasteiger partial charge >= 0.3 is 0 Å². The van der Waals surface area contributed by atoms with Crippen LogP contribution in [0.4, 0.5) is 5.82 Å². The van der Waals surface area contributed by atoms with Crippen LogP contribution < -0.4 is 20.5 Å². The zero-order valence-corrected chi connectivity index (χ0v) is 12.8. The summed E-state index contributed by atoms with van der Waals surface area (Å²) >= 11 is 0. The molecule has 0 aliphatic rings. The Morgan fingerprint density at radius 2 is 2.04 bits per heavy atom. The Bertz CT molecular complexity index is 693. The second-order valence-electron chi connectivity index (χ2n) is 4.62. The summed E-state index contributed by atoms with van der Waals surface area (Å²) in [6.07, 6.45) is 1.77. The number of hydrogen-bond donors (Lipinski definition) is 3. The number of nitrogen functional groups attached to an aromatic ring is 1. The minimum Gasteiger partial charge on any atom is -0.497 e. The highest BCUT2D eigenvalue weighted by Crippen LogP contribution is 2.29. The Kier molecular flexibility index (Phi) is 5.32. The molecule has 1 heterocycles. The lowest BCUT2D eigenvalue weighted by atomic mass is 10.1. The van der Waals surface area contributed by atoms with E-state index in [1.54, 1.807) is 18.2 Å². The Hall–Kier alpha value is -2.87. The third-order valence-corrected chi connectivity index (χ3v) is 3.19. The number of rotatable bonds is 6. The van der Waals surface area contributed by atoms with Gasteiger partial charge < -0.3 is 25.6 Å². The molecular weight excluding hydrogens is 300 g/mol. The molecule has 8 heteroatoms. The number of nitrogens with zero attached hydrogens (tertiary/aromatic N) is 2. The molecule has 0 aliphatic heterocycles. The van der Waals surface area contributed by atoms with Crippen molar-refractivity contribution in [1.82, 2.24) is 15.3 Å². The van der Waals surface area contributed by atoms with Crippen molar-refractivity contribution in [3.8, 4) is 11.5 Å². The first-order valence-electron chi connectivity index (χ1n) is 6.81. The number of nitrogens with two attached hydrogens (primary N) is 1. The summed E-state index contributed by atoms with van der Waals surface area (Å²) < 4.78 is 10.3. The molecule has 1 aromatic heterocycles. The Morgan fingerprint density at radius 3 is 2.70 bits per heavy atom.